The molecule has 1 rings (SSSR count). The van der Waals surface area contributed by atoms with E-state index in [2.05, 4.69) is 0 Å². The maximum atomic E-state index is 12.6. The average Bonchev–Trinajstić information content (AvgIpc) is 2.17. The number of benzene rings is 1. The second kappa shape index (κ2) is 4.46. The van der Waals surface area contributed by atoms with Crippen LogP contribution in [0.5, 0.6) is 0 Å². The van der Waals surface area contributed by atoms with Crippen LogP contribution in [0.3, 0.4) is 0 Å². The Bertz CT molecular complexity index is 401. The van der Waals surface area contributed by atoms with Crippen molar-refractivity contribution >= 4 is 5.91 Å². The van der Waals surface area contributed by atoms with Gasteiger partial charge in [-0.25, -0.2) is 8.78 Å². The van der Waals surface area contributed by atoms with Crippen LogP contribution in [-0.4, -0.2) is 18.6 Å². The summed E-state index contributed by atoms with van der Waals surface area (Å²) in [7, 11) is 0. The SMILES string of the molecule is O=C(NCC(F)(F)F)c1ccc(F)c(F)c1. The van der Waals surface area contributed by atoms with Crippen LogP contribution in [0.4, 0.5) is 22.0 Å². The summed E-state index contributed by atoms with van der Waals surface area (Å²) in [5, 5.41) is 1.53. The Labute approximate surface area is 87.1 Å². The smallest absolute Gasteiger partial charge is 0.343 e. The van der Waals surface area contributed by atoms with Crippen LogP contribution in [0.15, 0.2) is 18.2 Å². The van der Waals surface area contributed by atoms with E-state index in [9.17, 15) is 26.7 Å². The lowest BCUT2D eigenvalue weighted by Crippen LogP contribution is -2.33. The zero-order valence-electron chi connectivity index (χ0n) is 7.74. The molecule has 0 atom stereocenters. The van der Waals surface area contributed by atoms with Gasteiger partial charge in [0.2, 0.25) is 0 Å². The first-order valence-electron chi connectivity index (χ1n) is 4.09. The summed E-state index contributed by atoms with van der Waals surface area (Å²) in [6, 6.07) is 2.09. The number of rotatable bonds is 2. The number of amides is 1. The van der Waals surface area contributed by atoms with Crippen molar-refractivity contribution in [2.45, 2.75) is 6.18 Å². The van der Waals surface area contributed by atoms with E-state index in [4.69, 9.17) is 0 Å². The Hall–Kier alpha value is -1.66. The number of carbonyl (C=O) groups is 1. The van der Waals surface area contributed by atoms with Gasteiger partial charge in [-0.15, -0.1) is 0 Å². The van der Waals surface area contributed by atoms with E-state index in [1.165, 1.54) is 5.32 Å². The van der Waals surface area contributed by atoms with Crippen LogP contribution >= 0.6 is 0 Å². The maximum Gasteiger partial charge on any atom is 0.405 e. The predicted octanol–water partition coefficient (Wildman–Crippen LogP) is 2.26. The van der Waals surface area contributed by atoms with E-state index in [0.717, 1.165) is 6.07 Å². The van der Waals surface area contributed by atoms with Crippen molar-refractivity contribution < 1.29 is 26.7 Å². The molecule has 0 bridgehead atoms. The summed E-state index contributed by atoms with van der Waals surface area (Å²) < 4.78 is 60.3. The van der Waals surface area contributed by atoms with Gasteiger partial charge >= 0.3 is 6.18 Å². The largest absolute Gasteiger partial charge is 0.405 e. The van der Waals surface area contributed by atoms with Crippen molar-refractivity contribution in [3.8, 4) is 0 Å². The fraction of sp³-hybridized carbons (Fsp3) is 0.222. The molecule has 16 heavy (non-hydrogen) atoms. The highest BCUT2D eigenvalue weighted by molar-refractivity contribution is 5.94. The molecule has 0 heterocycles. The third-order valence-corrected chi connectivity index (χ3v) is 1.63. The molecule has 1 aromatic rings. The van der Waals surface area contributed by atoms with Gasteiger partial charge in [-0.2, -0.15) is 13.2 Å². The highest BCUT2D eigenvalue weighted by Crippen LogP contribution is 2.13. The minimum absolute atomic E-state index is 0.372. The summed E-state index contributed by atoms with van der Waals surface area (Å²) in [5.41, 5.74) is -0.372. The molecular weight excluding hydrogens is 233 g/mol. The van der Waals surface area contributed by atoms with E-state index in [1.807, 2.05) is 0 Å². The van der Waals surface area contributed by atoms with Crippen molar-refractivity contribution in [1.82, 2.24) is 5.32 Å². The van der Waals surface area contributed by atoms with Crippen molar-refractivity contribution in [3.63, 3.8) is 0 Å². The monoisotopic (exact) mass is 239 g/mol. The minimum Gasteiger partial charge on any atom is -0.343 e. The quantitative estimate of drug-likeness (QED) is 0.788. The molecule has 0 radical (unpaired) electrons. The van der Waals surface area contributed by atoms with Gasteiger partial charge in [0.15, 0.2) is 11.6 Å². The summed E-state index contributed by atoms with van der Waals surface area (Å²) in [6.45, 7) is -1.52. The number of nitrogens with one attached hydrogen (secondary N) is 1. The van der Waals surface area contributed by atoms with Crippen molar-refractivity contribution in [3.05, 3.63) is 35.4 Å². The molecule has 0 unspecified atom stereocenters. The van der Waals surface area contributed by atoms with Gasteiger partial charge in [-0.1, -0.05) is 0 Å². The van der Waals surface area contributed by atoms with E-state index in [1.54, 1.807) is 0 Å². The molecule has 0 aliphatic carbocycles. The molecule has 0 saturated heterocycles. The van der Waals surface area contributed by atoms with Gasteiger partial charge in [0, 0.05) is 5.56 Å². The van der Waals surface area contributed by atoms with Gasteiger partial charge in [-0.3, -0.25) is 4.79 Å². The zero-order chi connectivity index (χ0) is 12.3. The summed E-state index contributed by atoms with van der Waals surface area (Å²) >= 11 is 0. The van der Waals surface area contributed by atoms with Crippen LogP contribution in [0.25, 0.3) is 0 Å². The molecular formula is C9H6F5NO. The number of hydrogen-bond donors (Lipinski definition) is 1. The van der Waals surface area contributed by atoms with Gasteiger partial charge in [0.1, 0.15) is 6.54 Å². The van der Waals surface area contributed by atoms with Gasteiger partial charge in [0.25, 0.3) is 5.91 Å². The molecule has 1 aromatic carbocycles. The first kappa shape index (κ1) is 12.4. The molecule has 2 nitrogen and oxygen atoms in total. The first-order chi connectivity index (χ1) is 7.29. The highest BCUT2D eigenvalue weighted by atomic mass is 19.4. The molecule has 1 N–H and O–H groups in total. The molecule has 88 valence electrons. The molecule has 0 fully saturated rings. The summed E-state index contributed by atoms with van der Waals surface area (Å²) in [6.07, 6.45) is -4.55. The molecule has 0 aliphatic heterocycles. The van der Waals surface area contributed by atoms with Crippen molar-refractivity contribution in [2.24, 2.45) is 0 Å². The van der Waals surface area contributed by atoms with Crippen LogP contribution in [-0.2, 0) is 0 Å². The van der Waals surface area contributed by atoms with Gasteiger partial charge in [0.05, 0.1) is 0 Å². The lowest BCUT2D eigenvalue weighted by molar-refractivity contribution is -0.123. The van der Waals surface area contributed by atoms with Gasteiger partial charge < -0.3 is 5.32 Å². The van der Waals surface area contributed by atoms with Crippen LogP contribution < -0.4 is 5.32 Å². The predicted molar refractivity (Wildman–Crippen MR) is 44.7 cm³/mol. The number of alkyl halides is 3. The van der Waals surface area contributed by atoms with E-state index >= 15 is 0 Å². The Morgan fingerprint density at radius 3 is 2.31 bits per heavy atom. The molecule has 7 heteroatoms. The van der Waals surface area contributed by atoms with E-state index in [0.29, 0.717) is 12.1 Å². The van der Waals surface area contributed by atoms with E-state index < -0.39 is 30.3 Å². The minimum atomic E-state index is -4.55. The van der Waals surface area contributed by atoms with Gasteiger partial charge in [-0.05, 0) is 18.2 Å². The molecule has 1 amide bonds. The second-order valence-electron chi connectivity index (χ2n) is 2.93. The fourth-order valence-corrected chi connectivity index (χ4v) is 0.920. The summed E-state index contributed by atoms with van der Waals surface area (Å²) in [5.74, 6) is -3.58. The third kappa shape index (κ3) is 3.48. The Morgan fingerprint density at radius 2 is 1.81 bits per heavy atom. The molecule has 0 aliphatic rings. The standard InChI is InChI=1S/C9H6F5NO/c10-6-2-1-5(3-7(6)11)8(16)15-4-9(12,13)14/h1-3H,4H2,(H,15,16). The van der Waals surface area contributed by atoms with Crippen molar-refractivity contribution in [2.75, 3.05) is 6.54 Å². The van der Waals surface area contributed by atoms with Crippen LogP contribution in [0.1, 0.15) is 10.4 Å². The number of hydrogen-bond acceptors (Lipinski definition) is 1. The lowest BCUT2D eigenvalue weighted by atomic mass is 10.2. The van der Waals surface area contributed by atoms with Crippen molar-refractivity contribution in [1.29, 1.82) is 0 Å². The van der Waals surface area contributed by atoms with Crippen LogP contribution in [0, 0.1) is 11.6 Å². The fourth-order valence-electron chi connectivity index (χ4n) is 0.920. The summed E-state index contributed by atoms with van der Waals surface area (Å²) in [4.78, 5) is 11.1. The molecule has 0 aromatic heterocycles. The normalized spacial score (nSPS) is 11.3. The Kier molecular flexibility index (Phi) is 3.46. The molecule has 0 saturated carbocycles. The van der Waals surface area contributed by atoms with Crippen LogP contribution in [0.2, 0.25) is 0 Å². The Balaban J connectivity index is 2.70. The van der Waals surface area contributed by atoms with E-state index in [-0.39, 0.29) is 5.56 Å². The number of halogens is 5. The topological polar surface area (TPSA) is 29.1 Å². The number of carbonyl (C=O) groups excluding carboxylic acids is 1. The molecule has 0 spiro atoms. The Morgan fingerprint density at radius 1 is 1.19 bits per heavy atom. The average molecular weight is 239 g/mol. The first-order valence-corrected chi connectivity index (χ1v) is 4.09. The zero-order valence-corrected chi connectivity index (χ0v) is 7.74. The maximum absolute atomic E-state index is 12.6. The highest BCUT2D eigenvalue weighted by Gasteiger charge is 2.27. The third-order valence-electron chi connectivity index (χ3n) is 1.63. The lowest BCUT2D eigenvalue weighted by Gasteiger charge is -2.08. The second-order valence-corrected chi connectivity index (χ2v) is 2.93.